The zero-order valence-corrected chi connectivity index (χ0v) is 20.6. The quantitative estimate of drug-likeness (QED) is 0.338. The Kier molecular flexibility index (Phi) is 7.80. The number of rotatable bonds is 9. The number of hydrogen-bond donors (Lipinski definition) is 0. The Morgan fingerprint density at radius 2 is 1.94 bits per heavy atom. The Hall–Kier alpha value is -3.68. The SMILES string of the molecule is CCC(CCCC(=O)Oc1cccc2c1CCN(C(=O)c1ccc(OC)cc1)C2)c1cn(C)nn1. The topological polar surface area (TPSA) is 86.5 Å². The lowest BCUT2D eigenvalue weighted by atomic mass is 9.96. The van der Waals surface area contributed by atoms with Crippen LogP contribution in [0.2, 0.25) is 0 Å². The van der Waals surface area contributed by atoms with Crippen LogP contribution in [0, 0.1) is 0 Å². The molecule has 8 heteroatoms. The molecule has 1 atom stereocenters. The maximum Gasteiger partial charge on any atom is 0.311 e. The van der Waals surface area contributed by atoms with Gasteiger partial charge in [0.05, 0.1) is 12.8 Å². The Labute approximate surface area is 205 Å². The average molecular weight is 477 g/mol. The van der Waals surface area contributed by atoms with Gasteiger partial charge in [-0.15, -0.1) is 5.10 Å². The van der Waals surface area contributed by atoms with Crippen molar-refractivity contribution in [3.05, 3.63) is 71.0 Å². The number of methoxy groups -OCH3 is 1. The van der Waals surface area contributed by atoms with E-state index in [4.69, 9.17) is 9.47 Å². The molecule has 4 rings (SSSR count). The summed E-state index contributed by atoms with van der Waals surface area (Å²) in [5, 5.41) is 8.22. The maximum absolute atomic E-state index is 13.0. The largest absolute Gasteiger partial charge is 0.497 e. The number of nitrogens with zero attached hydrogens (tertiary/aromatic N) is 4. The van der Waals surface area contributed by atoms with E-state index in [1.54, 1.807) is 36.1 Å². The Balaban J connectivity index is 1.33. The van der Waals surface area contributed by atoms with Crippen molar-refractivity contribution in [2.75, 3.05) is 13.7 Å². The standard InChI is InChI=1S/C27H32N4O4/c1-4-19(24-18-30(2)29-28-24)7-6-10-26(32)35-25-9-5-8-21-17-31(16-15-23(21)25)27(33)20-11-13-22(34-3)14-12-20/h5,8-9,11-14,18-19H,4,6-7,10,15-17H2,1-3H3. The minimum absolute atomic E-state index is 0.0192. The van der Waals surface area contributed by atoms with Crippen LogP contribution in [0.25, 0.3) is 0 Å². The Bertz CT molecular complexity index is 1170. The lowest BCUT2D eigenvalue weighted by molar-refractivity contribution is -0.134. The predicted octanol–water partition coefficient (Wildman–Crippen LogP) is 4.29. The van der Waals surface area contributed by atoms with Gasteiger partial charge in [-0.05, 0) is 61.6 Å². The summed E-state index contributed by atoms with van der Waals surface area (Å²) in [5.74, 6) is 1.36. The van der Waals surface area contributed by atoms with Crippen LogP contribution in [0.4, 0.5) is 0 Å². The third-order valence-electron chi connectivity index (χ3n) is 6.54. The van der Waals surface area contributed by atoms with Gasteiger partial charge >= 0.3 is 5.97 Å². The van der Waals surface area contributed by atoms with Crippen LogP contribution < -0.4 is 9.47 Å². The highest BCUT2D eigenvalue weighted by atomic mass is 16.5. The molecule has 0 saturated heterocycles. The van der Waals surface area contributed by atoms with Gasteiger partial charge in [0.15, 0.2) is 0 Å². The molecule has 35 heavy (non-hydrogen) atoms. The third kappa shape index (κ3) is 5.88. The van der Waals surface area contributed by atoms with Crippen LogP contribution >= 0.6 is 0 Å². The van der Waals surface area contributed by atoms with Gasteiger partial charge in [-0.3, -0.25) is 14.3 Å². The average Bonchev–Trinajstić information content (AvgIpc) is 3.32. The van der Waals surface area contributed by atoms with E-state index in [2.05, 4.69) is 17.2 Å². The molecule has 2 heterocycles. The van der Waals surface area contributed by atoms with Crippen molar-refractivity contribution in [1.29, 1.82) is 0 Å². The number of amides is 1. The number of aromatic nitrogens is 3. The fraction of sp³-hybridized carbons (Fsp3) is 0.407. The zero-order chi connectivity index (χ0) is 24.8. The first-order valence-electron chi connectivity index (χ1n) is 12.1. The van der Waals surface area contributed by atoms with Crippen molar-refractivity contribution in [1.82, 2.24) is 19.9 Å². The van der Waals surface area contributed by atoms with Crippen LogP contribution in [-0.2, 0) is 24.8 Å². The number of benzene rings is 2. The Morgan fingerprint density at radius 3 is 2.63 bits per heavy atom. The van der Waals surface area contributed by atoms with Crippen LogP contribution in [0.3, 0.4) is 0 Å². The summed E-state index contributed by atoms with van der Waals surface area (Å²) >= 11 is 0. The number of esters is 1. The van der Waals surface area contributed by atoms with Gasteiger partial charge in [0.25, 0.3) is 5.91 Å². The van der Waals surface area contributed by atoms with E-state index in [1.165, 1.54) is 0 Å². The summed E-state index contributed by atoms with van der Waals surface area (Å²) in [4.78, 5) is 27.4. The number of carbonyl (C=O) groups excluding carboxylic acids is 2. The summed E-state index contributed by atoms with van der Waals surface area (Å²) in [6.07, 6.45) is 5.47. The number of fused-ring (bicyclic) bond motifs is 1. The zero-order valence-electron chi connectivity index (χ0n) is 20.6. The monoisotopic (exact) mass is 476 g/mol. The normalized spacial score (nSPS) is 13.7. The second kappa shape index (κ2) is 11.2. The second-order valence-electron chi connectivity index (χ2n) is 8.89. The van der Waals surface area contributed by atoms with Gasteiger partial charge < -0.3 is 14.4 Å². The van der Waals surface area contributed by atoms with E-state index in [0.717, 1.165) is 41.8 Å². The molecule has 184 valence electrons. The van der Waals surface area contributed by atoms with Gasteiger partial charge in [0.1, 0.15) is 11.5 Å². The summed E-state index contributed by atoms with van der Waals surface area (Å²) in [5.41, 5.74) is 3.61. The van der Waals surface area contributed by atoms with Crippen LogP contribution in [0.15, 0.2) is 48.7 Å². The molecular formula is C27H32N4O4. The molecule has 2 aromatic carbocycles. The Morgan fingerprint density at radius 1 is 1.14 bits per heavy atom. The molecule has 1 aliphatic heterocycles. The number of ether oxygens (including phenoxy) is 2. The summed E-state index contributed by atoms with van der Waals surface area (Å²) in [6, 6.07) is 12.9. The summed E-state index contributed by atoms with van der Waals surface area (Å²) in [6.45, 7) is 3.18. The van der Waals surface area contributed by atoms with Crippen LogP contribution in [0.5, 0.6) is 11.5 Å². The van der Waals surface area contributed by atoms with Crippen molar-refractivity contribution in [2.24, 2.45) is 7.05 Å². The first-order valence-corrected chi connectivity index (χ1v) is 12.1. The molecule has 1 aromatic heterocycles. The minimum atomic E-state index is -0.232. The second-order valence-corrected chi connectivity index (χ2v) is 8.89. The molecule has 3 aromatic rings. The molecule has 0 bridgehead atoms. The van der Waals surface area contributed by atoms with Crippen molar-refractivity contribution in [3.8, 4) is 11.5 Å². The molecule has 0 radical (unpaired) electrons. The third-order valence-corrected chi connectivity index (χ3v) is 6.54. The van der Waals surface area contributed by atoms with Crippen molar-refractivity contribution in [2.45, 2.75) is 51.5 Å². The van der Waals surface area contributed by atoms with Gasteiger partial charge in [-0.25, -0.2) is 0 Å². The van der Waals surface area contributed by atoms with E-state index >= 15 is 0 Å². The number of carbonyl (C=O) groups is 2. The van der Waals surface area contributed by atoms with Gasteiger partial charge in [0.2, 0.25) is 0 Å². The summed E-state index contributed by atoms with van der Waals surface area (Å²) < 4.78 is 12.6. The molecule has 1 unspecified atom stereocenters. The van der Waals surface area contributed by atoms with Crippen LogP contribution in [0.1, 0.15) is 65.7 Å². The van der Waals surface area contributed by atoms with Gasteiger partial charge in [-0.1, -0.05) is 24.3 Å². The fourth-order valence-corrected chi connectivity index (χ4v) is 4.54. The lowest BCUT2D eigenvalue weighted by Crippen LogP contribution is -2.36. The fourth-order valence-electron chi connectivity index (χ4n) is 4.54. The molecule has 1 aliphatic rings. The van der Waals surface area contributed by atoms with E-state index in [9.17, 15) is 9.59 Å². The van der Waals surface area contributed by atoms with E-state index < -0.39 is 0 Å². The molecule has 0 N–H and O–H groups in total. The number of aryl methyl sites for hydroxylation is 1. The minimum Gasteiger partial charge on any atom is -0.497 e. The molecule has 1 amide bonds. The molecule has 8 nitrogen and oxygen atoms in total. The first kappa shape index (κ1) is 24.4. The van der Waals surface area contributed by atoms with Crippen molar-refractivity contribution >= 4 is 11.9 Å². The van der Waals surface area contributed by atoms with Crippen LogP contribution in [-0.4, -0.2) is 45.4 Å². The van der Waals surface area contributed by atoms with E-state index in [1.807, 2.05) is 36.3 Å². The molecule has 0 saturated carbocycles. The van der Waals surface area contributed by atoms with Crippen molar-refractivity contribution < 1.29 is 19.1 Å². The predicted molar refractivity (Wildman–Crippen MR) is 131 cm³/mol. The molecule has 0 spiro atoms. The molecular weight excluding hydrogens is 444 g/mol. The van der Waals surface area contributed by atoms with E-state index in [0.29, 0.717) is 37.2 Å². The molecule has 0 fully saturated rings. The highest BCUT2D eigenvalue weighted by molar-refractivity contribution is 5.94. The van der Waals surface area contributed by atoms with E-state index in [-0.39, 0.29) is 17.8 Å². The first-order chi connectivity index (χ1) is 17.0. The number of hydrogen-bond acceptors (Lipinski definition) is 6. The van der Waals surface area contributed by atoms with Crippen molar-refractivity contribution in [3.63, 3.8) is 0 Å². The highest BCUT2D eigenvalue weighted by Crippen LogP contribution is 2.30. The smallest absolute Gasteiger partial charge is 0.311 e. The molecule has 0 aliphatic carbocycles. The highest BCUT2D eigenvalue weighted by Gasteiger charge is 2.25. The lowest BCUT2D eigenvalue weighted by Gasteiger charge is -2.30. The summed E-state index contributed by atoms with van der Waals surface area (Å²) in [7, 11) is 3.46. The maximum atomic E-state index is 13.0. The van der Waals surface area contributed by atoms with Gasteiger partial charge in [-0.2, -0.15) is 0 Å². The van der Waals surface area contributed by atoms with Gasteiger partial charge in [0, 0.05) is 49.8 Å².